The lowest BCUT2D eigenvalue weighted by molar-refractivity contribution is -0.121. The van der Waals surface area contributed by atoms with E-state index in [0.29, 0.717) is 11.8 Å². The molecule has 1 aromatic rings. The zero-order valence-electron chi connectivity index (χ0n) is 13.2. The fraction of sp³-hybridized carbons (Fsp3) is 0.588. The van der Waals surface area contributed by atoms with Crippen molar-refractivity contribution in [1.82, 2.24) is 5.32 Å². The molecule has 112 valence electrons. The molecular formula is C17H27NO2. The molecule has 0 saturated heterocycles. The number of para-hydroxylation sites is 1. The highest BCUT2D eigenvalue weighted by molar-refractivity contribution is 5.76. The van der Waals surface area contributed by atoms with E-state index >= 15 is 0 Å². The Morgan fingerprint density at radius 3 is 2.60 bits per heavy atom. The van der Waals surface area contributed by atoms with Crippen LogP contribution in [0.3, 0.4) is 0 Å². The molecule has 0 aliphatic rings. The first-order valence-electron chi connectivity index (χ1n) is 7.31. The zero-order valence-corrected chi connectivity index (χ0v) is 13.2. The van der Waals surface area contributed by atoms with Crippen molar-refractivity contribution >= 4 is 5.91 Å². The topological polar surface area (TPSA) is 38.3 Å². The van der Waals surface area contributed by atoms with Gasteiger partial charge in [-0.25, -0.2) is 0 Å². The minimum atomic E-state index is 0.116. The number of carbonyl (C=O) groups excluding carboxylic acids is 1. The molecule has 0 atom stereocenters. The minimum Gasteiger partial charge on any atom is -0.496 e. The van der Waals surface area contributed by atoms with Gasteiger partial charge in [0.05, 0.1) is 7.11 Å². The predicted molar refractivity (Wildman–Crippen MR) is 83.0 cm³/mol. The van der Waals surface area contributed by atoms with Crippen LogP contribution < -0.4 is 10.1 Å². The fourth-order valence-electron chi connectivity index (χ4n) is 2.09. The van der Waals surface area contributed by atoms with Gasteiger partial charge < -0.3 is 10.1 Å². The summed E-state index contributed by atoms with van der Waals surface area (Å²) in [4.78, 5) is 11.8. The summed E-state index contributed by atoms with van der Waals surface area (Å²) >= 11 is 0. The number of nitrogens with one attached hydrogen (secondary N) is 1. The first-order chi connectivity index (χ1) is 9.42. The Balaban J connectivity index is 2.26. The van der Waals surface area contributed by atoms with Gasteiger partial charge in [-0.05, 0) is 36.3 Å². The van der Waals surface area contributed by atoms with Crippen LogP contribution >= 0.6 is 0 Å². The summed E-state index contributed by atoms with van der Waals surface area (Å²) in [6.07, 6.45) is 3.38. The molecule has 0 aromatic heterocycles. The van der Waals surface area contributed by atoms with E-state index in [9.17, 15) is 4.79 Å². The molecule has 1 aromatic carbocycles. The SMILES string of the molecule is COc1ccccc1CCC(=O)NCCCC(C)(C)C. The van der Waals surface area contributed by atoms with Gasteiger partial charge in [0, 0.05) is 13.0 Å². The summed E-state index contributed by atoms with van der Waals surface area (Å²) in [7, 11) is 1.66. The highest BCUT2D eigenvalue weighted by atomic mass is 16.5. The second-order valence-corrected chi connectivity index (χ2v) is 6.33. The largest absolute Gasteiger partial charge is 0.496 e. The van der Waals surface area contributed by atoms with Crippen LogP contribution in [0.1, 0.15) is 45.6 Å². The van der Waals surface area contributed by atoms with Gasteiger partial charge in [0.2, 0.25) is 5.91 Å². The van der Waals surface area contributed by atoms with Crippen molar-refractivity contribution < 1.29 is 9.53 Å². The smallest absolute Gasteiger partial charge is 0.220 e. The van der Waals surface area contributed by atoms with Gasteiger partial charge in [0.1, 0.15) is 5.75 Å². The number of methoxy groups -OCH3 is 1. The molecule has 0 radical (unpaired) electrons. The zero-order chi connectivity index (χ0) is 15.0. The first-order valence-corrected chi connectivity index (χ1v) is 7.31. The molecule has 1 rings (SSSR count). The van der Waals surface area contributed by atoms with E-state index in [0.717, 1.165) is 37.1 Å². The molecule has 3 heteroatoms. The molecule has 20 heavy (non-hydrogen) atoms. The van der Waals surface area contributed by atoms with Crippen LogP contribution in [0.25, 0.3) is 0 Å². The molecular weight excluding hydrogens is 250 g/mol. The monoisotopic (exact) mass is 277 g/mol. The standard InChI is InChI=1S/C17H27NO2/c1-17(2,3)12-7-13-18-16(19)11-10-14-8-5-6-9-15(14)20-4/h5-6,8-9H,7,10-13H2,1-4H3,(H,18,19). The number of amides is 1. The molecule has 0 spiro atoms. The molecule has 0 aliphatic heterocycles. The van der Waals surface area contributed by atoms with Crippen molar-refractivity contribution in [2.24, 2.45) is 5.41 Å². The molecule has 1 amide bonds. The molecule has 0 heterocycles. The summed E-state index contributed by atoms with van der Waals surface area (Å²) in [5, 5.41) is 2.98. The maximum atomic E-state index is 11.8. The Hall–Kier alpha value is -1.51. The van der Waals surface area contributed by atoms with E-state index in [1.165, 1.54) is 0 Å². The van der Waals surface area contributed by atoms with Crippen LogP contribution in [0.4, 0.5) is 0 Å². The van der Waals surface area contributed by atoms with Crippen LogP contribution in [-0.2, 0) is 11.2 Å². The molecule has 0 bridgehead atoms. The Bertz CT molecular complexity index is 421. The average Bonchev–Trinajstić information content (AvgIpc) is 2.40. The Morgan fingerprint density at radius 2 is 1.95 bits per heavy atom. The lowest BCUT2D eigenvalue weighted by Gasteiger charge is -2.17. The van der Waals surface area contributed by atoms with Gasteiger partial charge in [0.15, 0.2) is 0 Å². The molecule has 0 fully saturated rings. The van der Waals surface area contributed by atoms with Crippen molar-refractivity contribution in [2.45, 2.75) is 46.5 Å². The van der Waals surface area contributed by atoms with Gasteiger partial charge in [-0.3, -0.25) is 4.79 Å². The number of carbonyl (C=O) groups is 1. The number of benzene rings is 1. The maximum Gasteiger partial charge on any atom is 0.220 e. The van der Waals surface area contributed by atoms with Gasteiger partial charge in [0.25, 0.3) is 0 Å². The van der Waals surface area contributed by atoms with Crippen LogP contribution in [-0.4, -0.2) is 19.6 Å². The quantitative estimate of drug-likeness (QED) is 0.774. The molecule has 3 nitrogen and oxygen atoms in total. The van der Waals surface area contributed by atoms with Crippen LogP contribution in [0.2, 0.25) is 0 Å². The number of ether oxygens (including phenoxy) is 1. The van der Waals surface area contributed by atoms with Crippen LogP contribution in [0.5, 0.6) is 5.75 Å². The lowest BCUT2D eigenvalue weighted by atomic mass is 9.91. The fourth-order valence-corrected chi connectivity index (χ4v) is 2.09. The Kier molecular flexibility index (Phi) is 6.56. The van der Waals surface area contributed by atoms with E-state index in [1.807, 2.05) is 24.3 Å². The lowest BCUT2D eigenvalue weighted by Crippen LogP contribution is -2.25. The van der Waals surface area contributed by atoms with Crippen LogP contribution in [0, 0.1) is 5.41 Å². The number of hydrogen-bond donors (Lipinski definition) is 1. The average molecular weight is 277 g/mol. The highest BCUT2D eigenvalue weighted by Gasteiger charge is 2.10. The number of aryl methyl sites for hydroxylation is 1. The van der Waals surface area contributed by atoms with E-state index in [2.05, 4.69) is 26.1 Å². The Morgan fingerprint density at radius 1 is 1.25 bits per heavy atom. The summed E-state index contributed by atoms with van der Waals surface area (Å²) in [5.74, 6) is 0.970. The maximum absolute atomic E-state index is 11.8. The second-order valence-electron chi connectivity index (χ2n) is 6.33. The van der Waals surface area contributed by atoms with E-state index in [1.54, 1.807) is 7.11 Å². The van der Waals surface area contributed by atoms with Crippen molar-refractivity contribution in [3.8, 4) is 5.75 Å². The van der Waals surface area contributed by atoms with E-state index < -0.39 is 0 Å². The van der Waals surface area contributed by atoms with Crippen molar-refractivity contribution in [3.05, 3.63) is 29.8 Å². The van der Waals surface area contributed by atoms with E-state index in [-0.39, 0.29) is 5.91 Å². The molecule has 1 N–H and O–H groups in total. The summed E-state index contributed by atoms with van der Waals surface area (Å²) in [6, 6.07) is 7.84. The van der Waals surface area contributed by atoms with Crippen molar-refractivity contribution in [1.29, 1.82) is 0 Å². The second kappa shape index (κ2) is 7.93. The number of hydrogen-bond acceptors (Lipinski definition) is 2. The number of rotatable bonds is 7. The minimum absolute atomic E-state index is 0.116. The van der Waals surface area contributed by atoms with Gasteiger partial charge >= 0.3 is 0 Å². The molecule has 0 saturated carbocycles. The third kappa shape index (κ3) is 6.60. The summed E-state index contributed by atoms with van der Waals surface area (Å²) < 4.78 is 5.28. The predicted octanol–water partition coefficient (Wildman–Crippen LogP) is 3.57. The molecule has 0 unspecified atom stereocenters. The summed E-state index contributed by atoms with van der Waals surface area (Å²) in [5.41, 5.74) is 1.42. The van der Waals surface area contributed by atoms with Crippen molar-refractivity contribution in [3.63, 3.8) is 0 Å². The van der Waals surface area contributed by atoms with Gasteiger partial charge in [-0.15, -0.1) is 0 Å². The molecule has 0 aliphatic carbocycles. The van der Waals surface area contributed by atoms with Gasteiger partial charge in [-0.1, -0.05) is 39.0 Å². The van der Waals surface area contributed by atoms with Gasteiger partial charge in [-0.2, -0.15) is 0 Å². The van der Waals surface area contributed by atoms with Crippen LogP contribution in [0.15, 0.2) is 24.3 Å². The first kappa shape index (κ1) is 16.5. The summed E-state index contributed by atoms with van der Waals surface area (Å²) in [6.45, 7) is 7.42. The van der Waals surface area contributed by atoms with Crippen molar-refractivity contribution in [2.75, 3.05) is 13.7 Å². The Labute approximate surface area is 122 Å². The highest BCUT2D eigenvalue weighted by Crippen LogP contribution is 2.20. The third-order valence-corrected chi connectivity index (χ3v) is 3.24. The normalized spacial score (nSPS) is 11.2. The third-order valence-electron chi connectivity index (χ3n) is 3.24. The van der Waals surface area contributed by atoms with E-state index in [4.69, 9.17) is 4.74 Å².